The third-order valence-electron chi connectivity index (χ3n) is 3.57. The van der Waals surface area contributed by atoms with Gasteiger partial charge in [-0.05, 0) is 69.4 Å². The lowest BCUT2D eigenvalue weighted by atomic mass is 9.95. The maximum atomic E-state index is 14.0. The lowest BCUT2D eigenvalue weighted by Crippen LogP contribution is -2.61. The van der Waals surface area contributed by atoms with E-state index in [0.717, 1.165) is 22.6 Å². The summed E-state index contributed by atoms with van der Waals surface area (Å²) in [5.74, 6) is -7.21. The highest BCUT2D eigenvalue weighted by molar-refractivity contribution is 14.1. The maximum Gasteiger partial charge on any atom is 0.457 e. The fourth-order valence-corrected chi connectivity index (χ4v) is 3.08. The van der Waals surface area contributed by atoms with Crippen LogP contribution in [0.2, 0.25) is 0 Å². The molecule has 1 unspecified atom stereocenters. The Morgan fingerprint density at radius 1 is 0.966 bits per heavy atom. The molecule has 29 heavy (non-hydrogen) atoms. The predicted molar refractivity (Wildman–Crippen MR) is 98.7 cm³/mol. The Hall–Kier alpha value is -0.990. The fraction of sp³-hybridized carbons (Fsp3) is 0.438. The summed E-state index contributed by atoms with van der Waals surface area (Å²) in [6, 6.07) is 6.12. The number of hydrogen-bond acceptors (Lipinski definition) is 1. The van der Waals surface area contributed by atoms with E-state index in [2.05, 4.69) is 21.2 Å². The Bertz CT molecular complexity index is 746. The van der Waals surface area contributed by atoms with Crippen LogP contribution in [0.1, 0.15) is 23.2 Å². The molecule has 1 N–H and O–H groups in total. The number of carbonyl (C=O) groups excluding carboxylic acids is 1. The first-order valence-electron chi connectivity index (χ1n) is 7.64. The second kappa shape index (κ2) is 9.43. The number of halogens is 11. The predicted octanol–water partition coefficient (Wildman–Crippen LogP) is 6.75. The zero-order chi connectivity index (χ0) is 22.7. The van der Waals surface area contributed by atoms with Crippen LogP contribution in [0, 0.1) is 0 Å². The summed E-state index contributed by atoms with van der Waals surface area (Å²) in [6.07, 6.45) is -14.6. The van der Waals surface area contributed by atoms with Crippen molar-refractivity contribution in [3.05, 3.63) is 44.0 Å². The van der Waals surface area contributed by atoms with Gasteiger partial charge in [0, 0.05) is 16.6 Å². The van der Waals surface area contributed by atoms with Gasteiger partial charge in [-0.15, -0.1) is 0 Å². The number of amides is 1. The Balaban J connectivity index is 2.81. The number of hydrogen-bond donors (Lipinski definition) is 1. The SMILES string of the molecule is O=C(NCCCC(I)=CC(F)(C(F)(F)F)C(F)(F)C(F)(F)F)c1ccc(Br)cc1. The minimum Gasteiger partial charge on any atom is -0.352 e. The van der Waals surface area contributed by atoms with E-state index >= 15 is 0 Å². The number of rotatable bonds is 7. The molecule has 1 aromatic rings. The summed E-state index contributed by atoms with van der Waals surface area (Å²) in [4.78, 5) is 11.8. The molecular weight excluding hydrogens is 600 g/mol. The van der Waals surface area contributed by atoms with Gasteiger partial charge in [-0.3, -0.25) is 4.79 Å². The molecule has 0 saturated heterocycles. The van der Waals surface area contributed by atoms with Crippen LogP contribution in [0.4, 0.5) is 39.5 Å². The first-order valence-corrected chi connectivity index (χ1v) is 9.51. The van der Waals surface area contributed by atoms with E-state index < -0.39 is 45.9 Å². The largest absolute Gasteiger partial charge is 0.457 e. The summed E-state index contributed by atoms with van der Waals surface area (Å²) in [5.41, 5.74) is -5.65. The molecule has 0 fully saturated rings. The Labute approximate surface area is 181 Å². The highest BCUT2D eigenvalue weighted by Crippen LogP contribution is 2.54. The van der Waals surface area contributed by atoms with Crippen molar-refractivity contribution in [1.29, 1.82) is 0 Å². The fourth-order valence-electron chi connectivity index (χ4n) is 2.01. The van der Waals surface area contributed by atoms with Crippen LogP contribution in [0.25, 0.3) is 0 Å². The molecule has 0 aliphatic heterocycles. The molecule has 0 bridgehead atoms. The molecule has 0 radical (unpaired) electrons. The van der Waals surface area contributed by atoms with Crippen LogP contribution in [0.3, 0.4) is 0 Å². The average molecular weight is 612 g/mol. The molecule has 164 valence electrons. The van der Waals surface area contributed by atoms with Crippen molar-refractivity contribution in [2.75, 3.05) is 6.54 Å². The van der Waals surface area contributed by atoms with Crippen molar-refractivity contribution in [1.82, 2.24) is 5.32 Å². The lowest BCUT2D eigenvalue weighted by Gasteiger charge is -2.34. The van der Waals surface area contributed by atoms with Crippen LogP contribution >= 0.6 is 38.5 Å². The van der Waals surface area contributed by atoms with Gasteiger partial charge < -0.3 is 5.32 Å². The van der Waals surface area contributed by atoms with E-state index in [4.69, 9.17) is 0 Å². The monoisotopic (exact) mass is 611 g/mol. The van der Waals surface area contributed by atoms with Gasteiger partial charge in [0.15, 0.2) is 0 Å². The van der Waals surface area contributed by atoms with Crippen LogP contribution < -0.4 is 5.32 Å². The van der Waals surface area contributed by atoms with Gasteiger partial charge >= 0.3 is 18.3 Å². The summed E-state index contributed by atoms with van der Waals surface area (Å²) < 4.78 is 116. The molecule has 0 heterocycles. The van der Waals surface area contributed by atoms with Crippen LogP contribution in [0.5, 0.6) is 0 Å². The van der Waals surface area contributed by atoms with Crippen molar-refractivity contribution in [3.63, 3.8) is 0 Å². The summed E-state index contributed by atoms with van der Waals surface area (Å²) in [7, 11) is 0. The molecular formula is C16H12BrF9INO. The molecule has 0 aliphatic rings. The lowest BCUT2D eigenvalue weighted by molar-refractivity contribution is -0.369. The number of nitrogens with one attached hydrogen (secondary N) is 1. The first kappa shape index (κ1) is 26.0. The number of allylic oxidation sites excluding steroid dienone is 2. The Morgan fingerprint density at radius 3 is 1.93 bits per heavy atom. The standard InChI is InChI=1S/C16H12BrF9INO/c17-10-5-3-9(4-6-10)12(29)28-7-1-2-11(27)8-13(18,15(21,22)23)14(19,20)16(24,25)26/h3-6,8H,1-2,7H2,(H,28,29). The Morgan fingerprint density at radius 2 is 1.48 bits per heavy atom. The molecule has 1 aromatic carbocycles. The molecule has 0 spiro atoms. The number of alkyl halides is 9. The smallest absolute Gasteiger partial charge is 0.352 e. The third-order valence-corrected chi connectivity index (χ3v) is 4.94. The summed E-state index contributed by atoms with van der Waals surface area (Å²) in [5, 5.41) is 2.39. The Kier molecular flexibility index (Phi) is 8.47. The molecule has 0 aromatic heterocycles. The van der Waals surface area contributed by atoms with E-state index in [1.807, 2.05) is 0 Å². The molecule has 1 amide bonds. The van der Waals surface area contributed by atoms with Gasteiger partial charge in [0.25, 0.3) is 11.6 Å². The van der Waals surface area contributed by atoms with Crippen LogP contribution in [0.15, 0.2) is 38.4 Å². The van der Waals surface area contributed by atoms with Crippen molar-refractivity contribution < 1.29 is 44.3 Å². The molecule has 0 aliphatic carbocycles. The van der Waals surface area contributed by atoms with Gasteiger partial charge in [0.1, 0.15) is 0 Å². The van der Waals surface area contributed by atoms with Crippen LogP contribution in [-0.4, -0.2) is 36.4 Å². The minimum atomic E-state index is -6.75. The summed E-state index contributed by atoms with van der Waals surface area (Å²) >= 11 is 4.21. The van der Waals surface area contributed by atoms with Gasteiger partial charge in [-0.1, -0.05) is 15.9 Å². The number of benzene rings is 1. The van der Waals surface area contributed by atoms with E-state index in [1.165, 1.54) is 12.1 Å². The van der Waals surface area contributed by atoms with Crippen molar-refractivity contribution in [2.24, 2.45) is 0 Å². The normalized spacial score (nSPS) is 15.8. The van der Waals surface area contributed by atoms with Crippen molar-refractivity contribution >= 4 is 44.4 Å². The van der Waals surface area contributed by atoms with Gasteiger partial charge in [-0.2, -0.15) is 35.1 Å². The average Bonchev–Trinajstić information content (AvgIpc) is 2.56. The molecule has 1 rings (SSSR count). The molecule has 2 nitrogen and oxygen atoms in total. The second-order valence-corrected chi connectivity index (χ2v) is 8.04. The maximum absolute atomic E-state index is 14.0. The molecule has 0 saturated carbocycles. The van der Waals surface area contributed by atoms with E-state index in [9.17, 15) is 44.3 Å². The topological polar surface area (TPSA) is 29.1 Å². The zero-order valence-corrected chi connectivity index (χ0v) is 17.8. The second-order valence-electron chi connectivity index (χ2n) is 5.74. The number of carbonyl (C=O) groups is 1. The summed E-state index contributed by atoms with van der Waals surface area (Å²) in [6.45, 7) is -0.129. The third kappa shape index (κ3) is 6.25. The quantitative estimate of drug-likeness (QED) is 0.206. The van der Waals surface area contributed by atoms with Crippen molar-refractivity contribution in [3.8, 4) is 0 Å². The van der Waals surface area contributed by atoms with E-state index in [0.29, 0.717) is 4.47 Å². The highest BCUT2D eigenvalue weighted by Gasteiger charge is 2.80. The molecule has 13 heteroatoms. The van der Waals surface area contributed by atoms with Gasteiger partial charge in [0.2, 0.25) is 0 Å². The zero-order valence-electron chi connectivity index (χ0n) is 14.1. The van der Waals surface area contributed by atoms with E-state index in [-0.39, 0.29) is 18.5 Å². The highest BCUT2D eigenvalue weighted by atomic mass is 127. The first-order chi connectivity index (χ1) is 13.0. The van der Waals surface area contributed by atoms with Crippen LogP contribution in [-0.2, 0) is 0 Å². The van der Waals surface area contributed by atoms with Gasteiger partial charge in [0.05, 0.1) is 0 Å². The van der Waals surface area contributed by atoms with Crippen molar-refractivity contribution in [2.45, 2.75) is 36.8 Å². The van der Waals surface area contributed by atoms with Gasteiger partial charge in [-0.25, -0.2) is 4.39 Å². The minimum absolute atomic E-state index is 0.122. The molecule has 1 atom stereocenters. The van der Waals surface area contributed by atoms with E-state index in [1.54, 1.807) is 12.1 Å².